The van der Waals surface area contributed by atoms with Crippen molar-refractivity contribution in [1.29, 1.82) is 0 Å². The molecule has 0 unspecified atom stereocenters. The molecule has 1 atom stereocenters. The number of amides is 2. The number of rotatable bonds is 26. The highest BCUT2D eigenvalue weighted by molar-refractivity contribution is 7.88. The summed E-state index contributed by atoms with van der Waals surface area (Å²) in [4.78, 5) is 24.5. The molecule has 1 rings (SSSR count). The smallest absolute Gasteiger partial charge is 0.232 e. The molecule has 0 heterocycles. The van der Waals surface area contributed by atoms with Crippen LogP contribution in [0.4, 0.5) is 0 Å². The number of carbonyl (C=O) groups excluding carboxylic acids is 2. The molecular formula is C31H56N4O4S. The summed E-state index contributed by atoms with van der Waals surface area (Å²) >= 11 is 0. The van der Waals surface area contributed by atoms with Crippen molar-refractivity contribution in [2.75, 3.05) is 19.6 Å². The average molecular weight is 581 g/mol. The molecule has 0 aromatic heterocycles. The highest BCUT2D eigenvalue weighted by Gasteiger charge is 2.27. The quantitative estimate of drug-likeness (QED) is 0.126. The number of nitrogens with zero attached hydrogens (tertiary/aromatic N) is 1. The lowest BCUT2D eigenvalue weighted by Crippen LogP contribution is -2.48. The number of nitrogens with one attached hydrogen (secondary N) is 1. The maximum atomic E-state index is 13.2. The molecule has 0 fully saturated rings. The van der Waals surface area contributed by atoms with Gasteiger partial charge in [0, 0.05) is 19.0 Å². The van der Waals surface area contributed by atoms with E-state index in [-0.39, 0.29) is 18.2 Å². The largest absolute Gasteiger partial charge is 0.369 e. The Morgan fingerprint density at radius 2 is 1.38 bits per heavy atom. The lowest BCUT2D eigenvalue weighted by Gasteiger charge is -2.27. The van der Waals surface area contributed by atoms with Crippen LogP contribution in [0.3, 0.4) is 0 Å². The van der Waals surface area contributed by atoms with Gasteiger partial charge >= 0.3 is 0 Å². The van der Waals surface area contributed by atoms with E-state index < -0.39 is 28.5 Å². The van der Waals surface area contributed by atoms with Crippen LogP contribution in [0.25, 0.3) is 0 Å². The van der Waals surface area contributed by atoms with Gasteiger partial charge in [-0.3, -0.25) is 9.59 Å². The number of unbranched alkanes of at least 4 members (excludes halogenated alkanes) is 13. The molecule has 1 aromatic rings. The molecule has 0 aliphatic rings. The van der Waals surface area contributed by atoms with Crippen LogP contribution in [-0.4, -0.2) is 50.2 Å². The fraction of sp³-hybridized carbons (Fsp3) is 0.742. The molecule has 0 bridgehead atoms. The van der Waals surface area contributed by atoms with Crippen molar-refractivity contribution in [3.05, 3.63) is 35.9 Å². The van der Waals surface area contributed by atoms with Crippen LogP contribution in [-0.2, 0) is 25.4 Å². The van der Waals surface area contributed by atoms with E-state index in [1.54, 1.807) is 24.3 Å². The Hall–Kier alpha value is -1.97. The molecule has 0 aliphatic heterocycles. The number of hydrogen-bond donors (Lipinski definition) is 3. The predicted molar refractivity (Wildman–Crippen MR) is 165 cm³/mol. The van der Waals surface area contributed by atoms with Crippen LogP contribution in [0.1, 0.15) is 122 Å². The number of hydrogen-bond acceptors (Lipinski definition) is 5. The molecule has 40 heavy (non-hydrogen) atoms. The molecule has 230 valence electrons. The monoisotopic (exact) mass is 580 g/mol. The standard InChI is InChI=1S/C31H56N4O4S/c1-2-3-4-5-6-7-8-9-10-11-12-13-17-23-31(37)34-29(22-18-19-24-32)25-35(26-30(33)36)40(38,39)27-28-20-15-14-16-21-28/h14-16,20-21,29H,2-13,17-19,22-27,32H2,1H3,(H2,33,36)(H,34,37)/t29-/m0/s1. The van der Waals surface area contributed by atoms with E-state index in [9.17, 15) is 18.0 Å². The van der Waals surface area contributed by atoms with Crippen molar-refractivity contribution in [2.24, 2.45) is 11.5 Å². The van der Waals surface area contributed by atoms with Crippen LogP contribution in [0.2, 0.25) is 0 Å². The SMILES string of the molecule is CCCCCCCCCCCCCCCC(=O)N[C@@H](CCCCN)CN(CC(N)=O)S(=O)(=O)Cc1ccccc1. The molecule has 1 aromatic carbocycles. The topological polar surface area (TPSA) is 136 Å². The van der Waals surface area contributed by atoms with Gasteiger partial charge < -0.3 is 16.8 Å². The fourth-order valence-electron chi connectivity index (χ4n) is 4.92. The minimum absolute atomic E-state index is 0.00697. The Bertz CT molecular complexity index is 896. The summed E-state index contributed by atoms with van der Waals surface area (Å²) in [7, 11) is -3.82. The molecule has 0 saturated heterocycles. The Morgan fingerprint density at radius 1 is 0.825 bits per heavy atom. The van der Waals surface area contributed by atoms with Gasteiger partial charge in [0.15, 0.2) is 0 Å². The molecular weight excluding hydrogens is 524 g/mol. The Kier molecular flexibility index (Phi) is 20.5. The number of carbonyl (C=O) groups is 2. The Labute approximate surface area is 244 Å². The third-order valence-electron chi connectivity index (χ3n) is 7.22. The van der Waals surface area contributed by atoms with Crippen LogP contribution < -0.4 is 16.8 Å². The van der Waals surface area contributed by atoms with Crippen molar-refractivity contribution in [2.45, 2.75) is 128 Å². The lowest BCUT2D eigenvalue weighted by atomic mass is 10.0. The third-order valence-corrected chi connectivity index (χ3v) is 8.98. The number of benzene rings is 1. The summed E-state index contributed by atoms with van der Waals surface area (Å²) in [6.07, 6.45) is 18.7. The molecule has 0 spiro atoms. The van der Waals surface area contributed by atoms with E-state index in [2.05, 4.69) is 12.2 Å². The molecule has 9 heteroatoms. The minimum atomic E-state index is -3.82. The van der Waals surface area contributed by atoms with E-state index in [1.165, 1.54) is 64.2 Å². The van der Waals surface area contributed by atoms with Crippen molar-refractivity contribution >= 4 is 21.8 Å². The first-order valence-corrected chi connectivity index (χ1v) is 17.2. The maximum Gasteiger partial charge on any atom is 0.232 e. The van der Waals surface area contributed by atoms with E-state index in [4.69, 9.17) is 11.5 Å². The van der Waals surface area contributed by atoms with Gasteiger partial charge in [-0.15, -0.1) is 0 Å². The molecule has 0 saturated carbocycles. The maximum absolute atomic E-state index is 13.2. The number of primary amides is 1. The van der Waals surface area contributed by atoms with Crippen molar-refractivity contribution in [1.82, 2.24) is 9.62 Å². The summed E-state index contributed by atoms with van der Waals surface area (Å²) in [5.41, 5.74) is 11.7. The zero-order valence-electron chi connectivity index (χ0n) is 25.0. The normalized spacial score (nSPS) is 12.5. The van der Waals surface area contributed by atoms with Gasteiger partial charge in [0.05, 0.1) is 12.3 Å². The summed E-state index contributed by atoms with van der Waals surface area (Å²) in [6, 6.07) is 8.42. The highest BCUT2D eigenvalue weighted by Crippen LogP contribution is 2.15. The van der Waals surface area contributed by atoms with Crippen LogP contribution in [0.5, 0.6) is 0 Å². The van der Waals surface area contributed by atoms with E-state index in [1.807, 2.05) is 6.07 Å². The molecule has 2 amide bonds. The lowest BCUT2D eigenvalue weighted by molar-refractivity contribution is -0.122. The summed E-state index contributed by atoms with van der Waals surface area (Å²) < 4.78 is 27.5. The van der Waals surface area contributed by atoms with Gasteiger partial charge in [-0.2, -0.15) is 4.31 Å². The Balaban J connectivity index is 2.47. The van der Waals surface area contributed by atoms with E-state index >= 15 is 0 Å². The van der Waals surface area contributed by atoms with E-state index in [0.29, 0.717) is 24.9 Å². The van der Waals surface area contributed by atoms with Crippen molar-refractivity contribution in [3.8, 4) is 0 Å². The van der Waals surface area contributed by atoms with Gasteiger partial charge in [0.2, 0.25) is 21.8 Å². The average Bonchev–Trinajstić information content (AvgIpc) is 2.91. The van der Waals surface area contributed by atoms with Gasteiger partial charge in [-0.1, -0.05) is 121 Å². The fourth-order valence-corrected chi connectivity index (χ4v) is 6.45. The molecule has 5 N–H and O–H groups in total. The summed E-state index contributed by atoms with van der Waals surface area (Å²) in [5, 5.41) is 3.02. The van der Waals surface area contributed by atoms with Crippen LogP contribution >= 0.6 is 0 Å². The minimum Gasteiger partial charge on any atom is -0.369 e. The van der Waals surface area contributed by atoms with Gasteiger partial charge in [-0.25, -0.2) is 8.42 Å². The third kappa shape index (κ3) is 18.4. The van der Waals surface area contributed by atoms with Gasteiger partial charge in [0.1, 0.15) is 0 Å². The Morgan fingerprint density at radius 3 is 1.90 bits per heavy atom. The van der Waals surface area contributed by atoms with Gasteiger partial charge in [-0.05, 0) is 31.4 Å². The second-order valence-electron chi connectivity index (χ2n) is 11.0. The first-order chi connectivity index (χ1) is 19.3. The second kappa shape index (κ2) is 22.7. The number of sulfonamides is 1. The predicted octanol–water partition coefficient (Wildman–Crippen LogP) is 5.40. The zero-order valence-corrected chi connectivity index (χ0v) is 25.8. The van der Waals surface area contributed by atoms with Gasteiger partial charge in [0.25, 0.3) is 0 Å². The first-order valence-electron chi connectivity index (χ1n) is 15.6. The second-order valence-corrected chi connectivity index (χ2v) is 13.0. The first kappa shape index (κ1) is 36.1. The summed E-state index contributed by atoms with van der Waals surface area (Å²) in [5.74, 6) is -1.04. The molecule has 0 aliphatic carbocycles. The highest BCUT2D eigenvalue weighted by atomic mass is 32.2. The molecule has 0 radical (unpaired) electrons. The summed E-state index contributed by atoms with van der Waals surface area (Å²) in [6.45, 7) is 2.36. The van der Waals surface area contributed by atoms with E-state index in [0.717, 1.165) is 36.4 Å². The van der Waals surface area contributed by atoms with Crippen molar-refractivity contribution < 1.29 is 18.0 Å². The zero-order chi connectivity index (χ0) is 29.5. The van der Waals surface area contributed by atoms with Crippen molar-refractivity contribution in [3.63, 3.8) is 0 Å². The van der Waals surface area contributed by atoms with Crippen LogP contribution in [0.15, 0.2) is 30.3 Å². The molecule has 8 nitrogen and oxygen atoms in total. The number of nitrogens with two attached hydrogens (primary N) is 2. The van der Waals surface area contributed by atoms with Crippen LogP contribution in [0, 0.1) is 0 Å².